The van der Waals surface area contributed by atoms with Gasteiger partial charge in [-0.25, -0.2) is 4.68 Å². The first-order chi connectivity index (χ1) is 8.54. The van der Waals surface area contributed by atoms with Gasteiger partial charge in [-0.3, -0.25) is 0 Å². The summed E-state index contributed by atoms with van der Waals surface area (Å²) in [7, 11) is 0. The van der Waals surface area contributed by atoms with Crippen molar-refractivity contribution in [2.45, 2.75) is 25.6 Å². The van der Waals surface area contributed by atoms with Crippen molar-refractivity contribution in [3.8, 4) is 5.69 Å². The summed E-state index contributed by atoms with van der Waals surface area (Å²) < 4.78 is 1.83. The molecule has 0 aliphatic carbocycles. The van der Waals surface area contributed by atoms with Crippen LogP contribution in [0.1, 0.15) is 31.0 Å². The lowest BCUT2D eigenvalue weighted by Crippen LogP contribution is -2.05. The van der Waals surface area contributed by atoms with E-state index in [4.69, 9.17) is 34.8 Å². The van der Waals surface area contributed by atoms with Gasteiger partial charge < -0.3 is 0 Å². The highest BCUT2D eigenvalue weighted by Crippen LogP contribution is 2.29. The normalized spacial score (nSPS) is 11.2. The van der Waals surface area contributed by atoms with Crippen LogP contribution in [0.4, 0.5) is 0 Å². The first kappa shape index (κ1) is 13.7. The quantitative estimate of drug-likeness (QED) is 0.726. The molecule has 0 N–H and O–H groups in total. The fourth-order valence-corrected chi connectivity index (χ4v) is 2.65. The van der Waals surface area contributed by atoms with Gasteiger partial charge in [-0.05, 0) is 24.1 Å². The maximum Gasteiger partial charge on any atom is 0.0836 e. The highest BCUT2D eigenvalue weighted by molar-refractivity contribution is 6.35. The molecular formula is C13H13Cl3N2. The van der Waals surface area contributed by atoms with Crippen LogP contribution < -0.4 is 0 Å². The van der Waals surface area contributed by atoms with Crippen molar-refractivity contribution in [3.63, 3.8) is 0 Å². The number of nitrogens with zero attached hydrogens (tertiary/aromatic N) is 2. The van der Waals surface area contributed by atoms with Gasteiger partial charge in [-0.15, -0.1) is 11.6 Å². The van der Waals surface area contributed by atoms with Gasteiger partial charge in [0.05, 0.1) is 28.5 Å². The number of hydrogen-bond acceptors (Lipinski definition) is 1. The second kappa shape index (κ2) is 5.52. The van der Waals surface area contributed by atoms with E-state index in [0.717, 1.165) is 16.9 Å². The smallest absolute Gasteiger partial charge is 0.0836 e. The van der Waals surface area contributed by atoms with Crippen LogP contribution in [-0.4, -0.2) is 9.78 Å². The first-order valence-electron chi connectivity index (χ1n) is 5.62. The predicted octanol–water partition coefficient (Wildman–Crippen LogP) is 5.04. The second-order valence-corrected chi connectivity index (χ2v) is 5.46. The molecule has 0 saturated heterocycles. The van der Waals surface area contributed by atoms with E-state index in [-0.39, 0.29) is 0 Å². The summed E-state index contributed by atoms with van der Waals surface area (Å²) in [6, 6.07) is 5.38. The third-order valence-electron chi connectivity index (χ3n) is 2.71. The van der Waals surface area contributed by atoms with Crippen molar-refractivity contribution in [3.05, 3.63) is 45.7 Å². The predicted molar refractivity (Wildman–Crippen MR) is 77.2 cm³/mol. The number of rotatable bonds is 3. The molecule has 0 unspecified atom stereocenters. The van der Waals surface area contributed by atoms with Crippen LogP contribution in [-0.2, 0) is 5.88 Å². The Kier molecular flexibility index (Phi) is 4.21. The maximum atomic E-state index is 6.21. The monoisotopic (exact) mass is 302 g/mol. The van der Waals surface area contributed by atoms with Crippen LogP contribution in [0.15, 0.2) is 24.4 Å². The Morgan fingerprint density at radius 1 is 1.28 bits per heavy atom. The minimum Gasteiger partial charge on any atom is -0.236 e. The summed E-state index contributed by atoms with van der Waals surface area (Å²) in [5.41, 5.74) is 2.92. The van der Waals surface area contributed by atoms with Crippen molar-refractivity contribution in [2.75, 3.05) is 0 Å². The Labute approximate surface area is 121 Å². The molecule has 0 bridgehead atoms. The molecule has 2 nitrogen and oxygen atoms in total. The maximum absolute atomic E-state index is 6.21. The molecule has 0 amide bonds. The molecule has 18 heavy (non-hydrogen) atoms. The number of alkyl halides is 1. The summed E-state index contributed by atoms with van der Waals surface area (Å²) in [6.07, 6.45) is 1.78. The molecule has 0 aliphatic heterocycles. The van der Waals surface area contributed by atoms with E-state index < -0.39 is 0 Å². The number of benzene rings is 1. The molecule has 0 aliphatic rings. The van der Waals surface area contributed by atoms with Crippen LogP contribution in [0.25, 0.3) is 5.69 Å². The fraction of sp³-hybridized carbons (Fsp3) is 0.308. The number of hydrogen-bond donors (Lipinski definition) is 0. The van der Waals surface area contributed by atoms with Gasteiger partial charge in [0.15, 0.2) is 0 Å². The second-order valence-electron chi connectivity index (χ2n) is 4.35. The zero-order valence-electron chi connectivity index (χ0n) is 10.1. The van der Waals surface area contributed by atoms with Gasteiger partial charge >= 0.3 is 0 Å². The lowest BCUT2D eigenvalue weighted by Gasteiger charge is -2.13. The van der Waals surface area contributed by atoms with E-state index in [1.54, 1.807) is 18.3 Å². The van der Waals surface area contributed by atoms with E-state index >= 15 is 0 Å². The third-order valence-corrected chi connectivity index (χ3v) is 3.54. The van der Waals surface area contributed by atoms with Crippen molar-refractivity contribution in [2.24, 2.45) is 0 Å². The lowest BCUT2D eigenvalue weighted by molar-refractivity contribution is 0.729. The van der Waals surface area contributed by atoms with E-state index in [2.05, 4.69) is 18.9 Å². The molecule has 1 heterocycles. The van der Waals surface area contributed by atoms with Crippen LogP contribution in [0.3, 0.4) is 0 Å². The average Bonchev–Trinajstić information content (AvgIpc) is 2.72. The Morgan fingerprint density at radius 3 is 2.56 bits per heavy atom. The standard InChI is InChI=1S/C13H13Cl3N2/c1-8(2)13-9(6-14)7-17-18(13)12-4-3-10(15)5-11(12)16/h3-5,7-8H,6H2,1-2H3. The Balaban J connectivity index is 2.60. The topological polar surface area (TPSA) is 17.8 Å². The van der Waals surface area contributed by atoms with E-state index in [1.165, 1.54) is 0 Å². The van der Waals surface area contributed by atoms with E-state index in [9.17, 15) is 0 Å². The molecule has 96 valence electrons. The fourth-order valence-electron chi connectivity index (χ4n) is 1.96. The zero-order valence-corrected chi connectivity index (χ0v) is 12.4. The van der Waals surface area contributed by atoms with Gasteiger partial charge in [0.25, 0.3) is 0 Å². The van der Waals surface area contributed by atoms with Crippen molar-refractivity contribution >= 4 is 34.8 Å². The van der Waals surface area contributed by atoms with Crippen molar-refractivity contribution < 1.29 is 0 Å². The summed E-state index contributed by atoms with van der Waals surface area (Å²) in [5, 5.41) is 5.56. The summed E-state index contributed by atoms with van der Waals surface area (Å²) in [4.78, 5) is 0. The van der Waals surface area contributed by atoms with Gasteiger partial charge in [0, 0.05) is 10.6 Å². The minimum atomic E-state index is 0.313. The first-order valence-corrected chi connectivity index (χ1v) is 6.91. The van der Waals surface area contributed by atoms with Crippen LogP contribution in [0.5, 0.6) is 0 Å². The lowest BCUT2D eigenvalue weighted by atomic mass is 10.1. The van der Waals surface area contributed by atoms with Crippen molar-refractivity contribution in [1.82, 2.24) is 9.78 Å². The Hall–Kier alpha value is -0.700. The van der Waals surface area contributed by atoms with Crippen LogP contribution >= 0.6 is 34.8 Å². The molecule has 5 heteroatoms. The van der Waals surface area contributed by atoms with E-state index in [1.807, 2.05) is 10.7 Å². The molecule has 2 rings (SSSR count). The summed E-state index contributed by atoms with van der Waals surface area (Å²) in [6.45, 7) is 4.21. The summed E-state index contributed by atoms with van der Waals surface area (Å²) >= 11 is 18.1. The van der Waals surface area contributed by atoms with Gasteiger partial charge in [-0.2, -0.15) is 5.10 Å². The SMILES string of the molecule is CC(C)c1c(CCl)cnn1-c1ccc(Cl)cc1Cl. The Bertz CT molecular complexity index is 561. The van der Waals surface area contributed by atoms with Crippen molar-refractivity contribution in [1.29, 1.82) is 0 Å². The minimum absolute atomic E-state index is 0.313. The highest BCUT2D eigenvalue weighted by atomic mass is 35.5. The molecule has 0 atom stereocenters. The molecular weight excluding hydrogens is 291 g/mol. The number of halogens is 3. The Morgan fingerprint density at radius 2 is 2.00 bits per heavy atom. The highest BCUT2D eigenvalue weighted by Gasteiger charge is 2.16. The molecule has 0 spiro atoms. The third kappa shape index (κ3) is 2.51. The average molecular weight is 304 g/mol. The molecule has 2 aromatic rings. The molecule has 0 saturated carbocycles. The summed E-state index contributed by atoms with van der Waals surface area (Å²) in [5.74, 6) is 0.756. The largest absolute Gasteiger partial charge is 0.236 e. The molecule has 0 radical (unpaired) electrons. The molecule has 1 aromatic heterocycles. The van der Waals surface area contributed by atoms with Gasteiger partial charge in [0.2, 0.25) is 0 Å². The number of aromatic nitrogens is 2. The molecule has 0 fully saturated rings. The van der Waals surface area contributed by atoms with Crippen LogP contribution in [0.2, 0.25) is 10.0 Å². The zero-order chi connectivity index (χ0) is 13.3. The van der Waals surface area contributed by atoms with Gasteiger partial charge in [0.1, 0.15) is 0 Å². The van der Waals surface area contributed by atoms with Crippen LogP contribution in [0, 0.1) is 0 Å². The van der Waals surface area contributed by atoms with E-state index in [0.29, 0.717) is 21.8 Å². The van der Waals surface area contributed by atoms with Gasteiger partial charge in [-0.1, -0.05) is 37.0 Å². The molecule has 1 aromatic carbocycles.